The Bertz CT molecular complexity index is 4740. The third-order valence-electron chi connectivity index (χ3n) is 22.5. The van der Waals surface area contributed by atoms with Crippen LogP contribution >= 0.6 is 11.8 Å². The lowest BCUT2D eigenvalue weighted by atomic mass is 10.0. The van der Waals surface area contributed by atoms with Gasteiger partial charge in [0.15, 0.2) is 0 Å². The van der Waals surface area contributed by atoms with Gasteiger partial charge in [-0.25, -0.2) is 0 Å². The summed E-state index contributed by atoms with van der Waals surface area (Å²) in [6, 6.07) is -2.88. The molecule has 0 spiro atoms. The molecule has 0 aliphatic carbocycles. The second-order valence-electron chi connectivity index (χ2n) is 31.6. The van der Waals surface area contributed by atoms with Gasteiger partial charge in [0.05, 0.1) is 31.4 Å². The predicted octanol–water partition coefficient (Wildman–Crippen LogP) is -5.87. The van der Waals surface area contributed by atoms with Crippen LogP contribution in [0.4, 0.5) is 0 Å². The van der Waals surface area contributed by atoms with Crippen LogP contribution in [0.15, 0.2) is 85.2 Å². The number of rotatable bonds is 22. The number of aromatic nitrogens is 2. The van der Waals surface area contributed by atoms with Gasteiger partial charge < -0.3 is 130 Å². The van der Waals surface area contributed by atoms with Crippen molar-refractivity contribution >= 4 is 134 Å². The van der Waals surface area contributed by atoms with E-state index in [0.717, 1.165) is 36.3 Å². The summed E-state index contributed by atoms with van der Waals surface area (Å²) in [5, 5.41) is 79.8. The molecule has 3 aromatic carbocycles. The van der Waals surface area contributed by atoms with Gasteiger partial charge in [0.1, 0.15) is 90.3 Å². The minimum absolute atomic E-state index is 0.00687. The fraction of sp³-hybridized carbons (Fsp3) is 0.530. The van der Waals surface area contributed by atoms with Gasteiger partial charge in [-0.1, -0.05) is 68.3 Å². The number of unbranched alkanes of at least 4 members (excludes halogenated alkanes) is 1. The van der Waals surface area contributed by atoms with Crippen LogP contribution < -0.4 is 70.4 Å². The molecule has 8 rings (SSSR count). The molecule has 5 heterocycles. The summed E-state index contributed by atoms with van der Waals surface area (Å²) >= 11 is 0.765. The smallest absolute Gasteiger partial charge is 0.246 e. The topological polar surface area (TPSA) is 637 Å². The summed E-state index contributed by atoms with van der Waals surface area (Å²) in [6.07, 6.45) is -0.788. The van der Waals surface area contributed by atoms with E-state index in [9.17, 15) is 87.9 Å². The summed E-state index contributed by atoms with van der Waals surface area (Å²) in [7, 11) is 3.76. The highest BCUT2D eigenvalue weighted by atomic mass is 32.2. The van der Waals surface area contributed by atoms with Crippen molar-refractivity contribution in [1.29, 1.82) is 0 Å². The maximum Gasteiger partial charge on any atom is 0.246 e. The minimum Gasteiger partial charge on any atom is -0.508 e. The van der Waals surface area contributed by atoms with Crippen molar-refractivity contribution in [2.24, 2.45) is 17.2 Å². The summed E-state index contributed by atoms with van der Waals surface area (Å²) in [5.41, 5.74) is 19.6. The number of carbonyl (C=O) groups excluding carboxylic acids is 17. The quantitative estimate of drug-likeness (QED) is 0.0307. The second kappa shape index (κ2) is 47.1. The SMILES string of the molecule is CCCC[C@H]1C(=O)N[C@H](CC(N)=O)C(=O)N2CCC[C@H]2C(=O)N[C@@H](CO)C(=O)N[C@@H](CCO)C(=O)N2C[C@H](O)C[C@H]2C(=O)N[C@@H](Cc2c[nH]c3ccccc23)C(=O)N[C@@H](CCO)C(=O)N[C@@H](Cc2c[nH]c3ccccc23)C(=O)N(C)[C@@H](C)C(=O)N(C)[C@@H](C)C(=O)N[C@@H](CCCN)C(=O)N[C@H](C(=O)NCC(N)=O)CSCC(=O)N[C@@H](Cc2ccc(O)cc2)C(=O)N1C. The summed E-state index contributed by atoms with van der Waals surface area (Å²) in [5.74, 6) is -17.9. The molecule has 17 amide bonds. The van der Waals surface area contributed by atoms with E-state index < -0.39 is 261 Å². The van der Waals surface area contributed by atoms with Gasteiger partial charge in [0.25, 0.3) is 0 Å². The van der Waals surface area contributed by atoms with Gasteiger partial charge in [-0.05, 0) is 106 Å². The number of aromatic hydroxyl groups is 1. The van der Waals surface area contributed by atoms with Crippen molar-refractivity contribution in [3.05, 3.63) is 102 Å². The third-order valence-corrected chi connectivity index (χ3v) is 23.6. The molecule has 15 atom stereocenters. The number of aromatic amines is 2. The molecule has 3 aliphatic rings. The Morgan fingerprint density at radius 2 is 1.03 bits per heavy atom. The number of amides is 17. The molecule has 3 fully saturated rings. The van der Waals surface area contributed by atoms with Gasteiger partial charge >= 0.3 is 0 Å². The van der Waals surface area contributed by atoms with Gasteiger partial charge in [-0.15, -0.1) is 11.8 Å². The summed E-state index contributed by atoms with van der Waals surface area (Å²) in [4.78, 5) is 256. The van der Waals surface area contributed by atoms with Crippen molar-refractivity contribution in [3.8, 4) is 5.75 Å². The Morgan fingerprint density at radius 3 is 1.64 bits per heavy atom. The summed E-state index contributed by atoms with van der Waals surface area (Å²) in [6.45, 7) is 0.336. The van der Waals surface area contributed by atoms with E-state index in [4.69, 9.17) is 17.2 Å². The number of thioether (sulfide) groups is 1. The minimum atomic E-state index is -1.90. The molecule has 0 radical (unpaired) electrons. The molecular weight excluding hydrogens is 1660 g/mol. The number of hydrogen-bond donors (Lipinski definition) is 20. The van der Waals surface area contributed by atoms with Crippen LogP contribution in [-0.4, -0.2) is 330 Å². The van der Waals surface area contributed by atoms with Crippen LogP contribution in [0.3, 0.4) is 0 Å². The molecule has 43 heteroatoms. The monoisotopic (exact) mass is 1780 g/mol. The number of para-hydroxylation sites is 2. The van der Waals surface area contributed by atoms with Gasteiger partial charge in [-0.3, -0.25) is 81.5 Å². The number of phenolic OH excluding ortho intramolecular Hbond substituents is 1. The second-order valence-corrected chi connectivity index (χ2v) is 32.6. The molecule has 0 saturated carbocycles. The lowest BCUT2D eigenvalue weighted by Gasteiger charge is -2.34. The number of likely N-dealkylation sites (N-methyl/N-ethyl adjacent to an activating group) is 3. The number of primary amides is 2. The molecule has 3 aliphatic heterocycles. The Balaban J connectivity index is 1.15. The third kappa shape index (κ3) is 26.6. The number of fused-ring (bicyclic) bond motifs is 4. The number of phenols is 1. The number of benzene rings is 3. The molecule has 3 saturated heterocycles. The number of nitrogens with one attached hydrogen (secondary N) is 12. The van der Waals surface area contributed by atoms with Gasteiger partial charge in [0, 0.05) is 113 Å². The van der Waals surface area contributed by atoms with Crippen LogP contribution in [-0.2, 0) is 101 Å². The average molecular weight is 1780 g/mol. The molecule has 42 nitrogen and oxygen atoms in total. The van der Waals surface area contributed by atoms with Crippen LogP contribution in [0.1, 0.15) is 108 Å². The molecular formula is C83H116N20O22S. The fourth-order valence-electron chi connectivity index (χ4n) is 15.2. The van der Waals surface area contributed by atoms with Crippen molar-refractivity contribution in [1.82, 2.24) is 87.6 Å². The zero-order valence-corrected chi connectivity index (χ0v) is 71.9. The maximum atomic E-state index is 15.2. The molecule has 23 N–H and O–H groups in total. The molecule has 686 valence electrons. The number of H-pyrrole nitrogens is 2. The normalized spacial score (nSPS) is 25.7. The number of hydrogen-bond acceptors (Lipinski definition) is 24. The number of aliphatic hydroxyl groups excluding tert-OH is 4. The first kappa shape index (κ1) is 99.1. The standard InChI is InChI=1S/C83H116N20O22S/c1-7-8-20-64-76(118)96-61(36-67(85)109)83(125)102-29-14-21-65(102)77(119)97-62(41-106)75(117)93-57(27-31-105)82(124)103-40-50(108)35-66(103)78(120)94-58(33-47-37-87-53-17-11-9-15-51(47)53)74(116)92-56(26-30-104)73(115)95-60(34-48-38-88-54-18-12-10-16-52(48)54)80(122)100(5)45(3)79(121)99(4)44(2)70(112)91-55(19-13-28-84)72(114)98-63(71(113)89-39-68(86)110)42-126-43-69(111)90-59(81(123)101(64)6)32-46-22-24-49(107)25-23-46/h9-12,15-18,22-25,37-38,44-45,50,55-66,87-88,104-108H,7-8,13-14,19-21,26-36,39-43,84H2,1-6H3,(H2,85,109)(H2,86,110)(H,89,113)(H,90,111)(H,91,112)(H,92,116)(H,93,117)(H,94,120)(H,95,115)(H,96,118)(H,97,119)(H,98,114)/t44-,45-,50+,55-,56-,57-,58-,59-,60-,61+,62-,63-,64-,65-,66-/m0/s1. The molecule has 0 unspecified atom stereocenters. The van der Waals surface area contributed by atoms with E-state index >= 15 is 19.2 Å². The molecule has 2 aromatic heterocycles. The first-order valence-electron chi connectivity index (χ1n) is 41.7. The van der Waals surface area contributed by atoms with Gasteiger partial charge in [0.2, 0.25) is 100 Å². The Kier molecular flexibility index (Phi) is 37.1. The highest BCUT2D eigenvalue weighted by Crippen LogP contribution is 2.27. The van der Waals surface area contributed by atoms with Crippen molar-refractivity contribution in [2.75, 3.05) is 78.6 Å². The van der Waals surface area contributed by atoms with Crippen LogP contribution in [0.5, 0.6) is 5.75 Å². The lowest BCUT2D eigenvalue weighted by Crippen LogP contribution is -2.61. The van der Waals surface area contributed by atoms with E-state index in [0.29, 0.717) is 44.9 Å². The summed E-state index contributed by atoms with van der Waals surface area (Å²) < 4.78 is 0. The zero-order chi connectivity index (χ0) is 92.3. The van der Waals surface area contributed by atoms with Crippen molar-refractivity contribution < 1.29 is 107 Å². The van der Waals surface area contributed by atoms with E-state index in [2.05, 4.69) is 63.1 Å². The van der Waals surface area contributed by atoms with E-state index in [1.54, 1.807) is 67.8 Å². The van der Waals surface area contributed by atoms with E-state index in [1.807, 2.05) is 0 Å². The number of nitrogens with two attached hydrogens (primary N) is 3. The maximum absolute atomic E-state index is 15.2. The first-order valence-corrected chi connectivity index (χ1v) is 42.8. The Hall–Kier alpha value is -12.3. The number of aliphatic hydroxyl groups is 4. The van der Waals surface area contributed by atoms with Crippen LogP contribution in [0.2, 0.25) is 0 Å². The number of nitrogens with zero attached hydrogens (tertiary/aromatic N) is 5. The van der Waals surface area contributed by atoms with Crippen LogP contribution in [0, 0.1) is 0 Å². The van der Waals surface area contributed by atoms with Crippen molar-refractivity contribution in [3.63, 3.8) is 0 Å². The number of carbonyl (C=O) groups is 17. The zero-order valence-electron chi connectivity index (χ0n) is 71.1. The largest absolute Gasteiger partial charge is 0.508 e. The molecule has 126 heavy (non-hydrogen) atoms. The molecule has 5 aromatic rings. The lowest BCUT2D eigenvalue weighted by molar-refractivity contribution is -0.148. The van der Waals surface area contributed by atoms with Gasteiger partial charge in [-0.2, -0.15) is 0 Å². The Morgan fingerprint density at radius 1 is 0.516 bits per heavy atom. The van der Waals surface area contributed by atoms with E-state index in [1.165, 1.54) is 59.3 Å². The Labute approximate surface area is 730 Å². The van der Waals surface area contributed by atoms with Crippen LogP contribution in [0.25, 0.3) is 21.8 Å². The van der Waals surface area contributed by atoms with E-state index in [-0.39, 0.29) is 76.6 Å². The van der Waals surface area contributed by atoms with Crippen molar-refractivity contribution in [2.45, 2.75) is 201 Å². The first-order chi connectivity index (χ1) is 60.0. The predicted molar refractivity (Wildman–Crippen MR) is 457 cm³/mol. The average Bonchev–Trinajstić information content (AvgIpc) is 1.63. The fourth-order valence-corrected chi connectivity index (χ4v) is 16.1. The highest BCUT2D eigenvalue weighted by molar-refractivity contribution is 8.00. The molecule has 0 bridgehead atoms. The highest BCUT2D eigenvalue weighted by Gasteiger charge is 2.46.